The first kappa shape index (κ1) is 7.02. The van der Waals surface area contributed by atoms with Crippen molar-refractivity contribution in [1.29, 1.82) is 0 Å². The number of hydrazine groups is 1. The summed E-state index contributed by atoms with van der Waals surface area (Å²) < 4.78 is 0. The highest BCUT2D eigenvalue weighted by molar-refractivity contribution is 7.15. The van der Waals surface area contributed by atoms with Crippen molar-refractivity contribution in [2.75, 3.05) is 12.3 Å². The van der Waals surface area contributed by atoms with Gasteiger partial charge in [-0.15, -0.1) is 11.3 Å². The number of aromatic nitrogens is 1. The van der Waals surface area contributed by atoms with Crippen molar-refractivity contribution in [1.82, 2.24) is 9.99 Å². The highest BCUT2D eigenvalue weighted by Crippen LogP contribution is 2.24. The number of fused-ring (bicyclic) bond motifs is 1. The number of hydrogen-bond acceptors (Lipinski definition) is 5. The van der Waals surface area contributed by atoms with Gasteiger partial charge in [0.1, 0.15) is 0 Å². The van der Waals surface area contributed by atoms with Gasteiger partial charge in [0.15, 0.2) is 5.13 Å². The summed E-state index contributed by atoms with van der Waals surface area (Å²) in [6, 6.07) is 0. The largest absolute Gasteiger partial charge is 0.375 e. The fourth-order valence-electron chi connectivity index (χ4n) is 1.24. The lowest BCUT2D eigenvalue weighted by molar-refractivity contribution is 0.264. The van der Waals surface area contributed by atoms with E-state index in [4.69, 9.17) is 11.6 Å². The Labute approximate surface area is 68.8 Å². The Morgan fingerprint density at radius 2 is 2.36 bits per heavy atom. The van der Waals surface area contributed by atoms with Gasteiger partial charge in [-0.25, -0.2) is 9.99 Å². The molecule has 2 rings (SSSR count). The highest BCUT2D eigenvalue weighted by atomic mass is 32.1. The van der Waals surface area contributed by atoms with Crippen molar-refractivity contribution in [3.05, 3.63) is 10.6 Å². The molecule has 60 valence electrons. The smallest absolute Gasteiger partial charge is 0.180 e. The van der Waals surface area contributed by atoms with E-state index < -0.39 is 0 Å². The van der Waals surface area contributed by atoms with Crippen LogP contribution in [0.25, 0.3) is 0 Å². The molecular formula is C6H10N4S. The average Bonchev–Trinajstić information content (AvgIpc) is 2.27. The summed E-state index contributed by atoms with van der Waals surface area (Å²) >= 11 is 1.54. The fourth-order valence-corrected chi connectivity index (χ4v) is 2.14. The number of nitrogen functional groups attached to an aromatic ring is 1. The van der Waals surface area contributed by atoms with E-state index in [1.165, 1.54) is 16.2 Å². The molecule has 0 saturated heterocycles. The zero-order valence-electron chi connectivity index (χ0n) is 6.08. The van der Waals surface area contributed by atoms with E-state index in [-0.39, 0.29) is 0 Å². The monoisotopic (exact) mass is 170 g/mol. The van der Waals surface area contributed by atoms with E-state index in [0.29, 0.717) is 5.13 Å². The zero-order valence-corrected chi connectivity index (χ0v) is 6.90. The first-order valence-corrected chi connectivity index (χ1v) is 4.31. The maximum absolute atomic E-state index is 5.63. The summed E-state index contributed by atoms with van der Waals surface area (Å²) in [4.78, 5) is 5.42. The van der Waals surface area contributed by atoms with Crippen LogP contribution in [0.3, 0.4) is 0 Å². The summed E-state index contributed by atoms with van der Waals surface area (Å²) in [7, 11) is 0. The number of thiazole rings is 1. The van der Waals surface area contributed by atoms with Gasteiger partial charge in [0.2, 0.25) is 0 Å². The quantitative estimate of drug-likeness (QED) is 0.536. The van der Waals surface area contributed by atoms with Crippen molar-refractivity contribution in [2.24, 2.45) is 5.84 Å². The lowest BCUT2D eigenvalue weighted by atomic mass is 10.2. The molecule has 0 saturated carbocycles. The van der Waals surface area contributed by atoms with Crippen LogP contribution in [0.15, 0.2) is 0 Å². The number of nitrogens with zero attached hydrogens (tertiary/aromatic N) is 2. The Kier molecular flexibility index (Phi) is 1.56. The minimum atomic E-state index is 0.658. The second kappa shape index (κ2) is 2.44. The van der Waals surface area contributed by atoms with Gasteiger partial charge in [-0.3, -0.25) is 5.84 Å². The molecular weight excluding hydrogens is 160 g/mol. The van der Waals surface area contributed by atoms with Crippen LogP contribution in [-0.4, -0.2) is 16.5 Å². The maximum atomic E-state index is 5.63. The first-order valence-electron chi connectivity index (χ1n) is 3.49. The third-order valence-electron chi connectivity index (χ3n) is 1.78. The Morgan fingerprint density at radius 3 is 3.18 bits per heavy atom. The molecule has 0 fully saturated rings. The van der Waals surface area contributed by atoms with Crippen molar-refractivity contribution in [2.45, 2.75) is 13.0 Å². The molecule has 4 N–H and O–H groups in total. The van der Waals surface area contributed by atoms with Crippen LogP contribution in [0.1, 0.15) is 10.6 Å². The summed E-state index contributed by atoms with van der Waals surface area (Å²) in [6.45, 7) is 1.68. The number of nitrogens with two attached hydrogens (primary N) is 2. The summed E-state index contributed by atoms with van der Waals surface area (Å²) in [5.41, 5.74) is 6.69. The number of rotatable bonds is 0. The standard InChI is InChI=1S/C6H10N4S/c7-6-9-4-1-2-10(8)3-5(4)11-6/h1-3,8H2,(H2,7,9). The van der Waals surface area contributed by atoms with Crippen molar-refractivity contribution < 1.29 is 0 Å². The van der Waals surface area contributed by atoms with E-state index in [1.807, 2.05) is 0 Å². The van der Waals surface area contributed by atoms with E-state index in [2.05, 4.69) is 4.98 Å². The molecule has 0 aromatic carbocycles. The molecule has 11 heavy (non-hydrogen) atoms. The lowest BCUT2D eigenvalue weighted by Crippen LogP contribution is -2.35. The van der Waals surface area contributed by atoms with E-state index in [9.17, 15) is 0 Å². The summed E-state index contributed by atoms with van der Waals surface area (Å²) in [5, 5.41) is 2.45. The van der Waals surface area contributed by atoms with Gasteiger partial charge in [-0.05, 0) is 0 Å². The molecule has 0 bridgehead atoms. The molecule has 0 aliphatic carbocycles. The minimum Gasteiger partial charge on any atom is -0.375 e. The third kappa shape index (κ3) is 1.22. The second-order valence-electron chi connectivity index (χ2n) is 2.64. The second-order valence-corrected chi connectivity index (χ2v) is 3.76. The van der Waals surface area contributed by atoms with Crippen LogP contribution < -0.4 is 11.6 Å². The van der Waals surface area contributed by atoms with Gasteiger partial charge in [-0.1, -0.05) is 0 Å². The van der Waals surface area contributed by atoms with Gasteiger partial charge < -0.3 is 5.73 Å². The predicted molar refractivity (Wildman–Crippen MR) is 44.8 cm³/mol. The molecule has 0 spiro atoms. The van der Waals surface area contributed by atoms with E-state index in [1.54, 1.807) is 5.01 Å². The molecule has 1 aliphatic heterocycles. The van der Waals surface area contributed by atoms with Crippen LogP contribution >= 0.6 is 11.3 Å². The van der Waals surface area contributed by atoms with Crippen LogP contribution in [0.2, 0.25) is 0 Å². The van der Waals surface area contributed by atoms with Crippen molar-refractivity contribution in [3.63, 3.8) is 0 Å². The van der Waals surface area contributed by atoms with Gasteiger partial charge in [0.25, 0.3) is 0 Å². The van der Waals surface area contributed by atoms with Crippen molar-refractivity contribution in [3.8, 4) is 0 Å². The van der Waals surface area contributed by atoms with E-state index in [0.717, 1.165) is 25.2 Å². The Balaban J connectivity index is 2.34. The first-order chi connectivity index (χ1) is 5.25. The lowest BCUT2D eigenvalue weighted by Gasteiger charge is -2.19. The van der Waals surface area contributed by atoms with Crippen LogP contribution in [0.4, 0.5) is 5.13 Å². The summed E-state index contributed by atoms with van der Waals surface area (Å²) in [5.74, 6) is 5.63. The molecule has 0 unspecified atom stereocenters. The molecule has 0 atom stereocenters. The highest BCUT2D eigenvalue weighted by Gasteiger charge is 2.17. The molecule has 0 amide bonds. The minimum absolute atomic E-state index is 0.658. The average molecular weight is 170 g/mol. The zero-order chi connectivity index (χ0) is 7.84. The molecule has 1 aromatic rings. The van der Waals surface area contributed by atoms with E-state index >= 15 is 0 Å². The van der Waals surface area contributed by atoms with Gasteiger partial charge in [0.05, 0.1) is 5.69 Å². The SMILES string of the molecule is Nc1nc2c(s1)CN(N)CC2. The van der Waals surface area contributed by atoms with Crippen LogP contribution in [0.5, 0.6) is 0 Å². The molecule has 2 heterocycles. The molecule has 1 aliphatic rings. The molecule has 0 radical (unpaired) electrons. The normalized spacial score (nSPS) is 18.3. The molecule has 1 aromatic heterocycles. The fraction of sp³-hybridized carbons (Fsp3) is 0.500. The number of hydrogen-bond donors (Lipinski definition) is 2. The summed E-state index contributed by atoms with van der Waals surface area (Å²) in [6.07, 6.45) is 0.930. The predicted octanol–water partition coefficient (Wildman–Crippen LogP) is -0.0429. The van der Waals surface area contributed by atoms with Crippen molar-refractivity contribution >= 4 is 16.5 Å². The molecule has 4 nitrogen and oxygen atoms in total. The Bertz CT molecular complexity index is 270. The Morgan fingerprint density at radius 1 is 1.55 bits per heavy atom. The topological polar surface area (TPSA) is 68.2 Å². The maximum Gasteiger partial charge on any atom is 0.180 e. The number of anilines is 1. The van der Waals surface area contributed by atoms with Crippen LogP contribution in [-0.2, 0) is 13.0 Å². The van der Waals surface area contributed by atoms with Gasteiger partial charge >= 0.3 is 0 Å². The van der Waals surface area contributed by atoms with Crippen LogP contribution in [0, 0.1) is 0 Å². The van der Waals surface area contributed by atoms with Gasteiger partial charge in [-0.2, -0.15) is 0 Å². The Hall–Kier alpha value is -0.650. The molecule has 5 heteroatoms. The van der Waals surface area contributed by atoms with Gasteiger partial charge in [0, 0.05) is 24.4 Å². The third-order valence-corrected chi connectivity index (χ3v) is 2.69.